The van der Waals surface area contributed by atoms with Crippen molar-refractivity contribution < 1.29 is 23.9 Å². The molecule has 0 saturated carbocycles. The fourth-order valence-corrected chi connectivity index (χ4v) is 2.82. The molecule has 1 aromatic rings. The Morgan fingerprint density at radius 3 is 2.30 bits per heavy atom. The average Bonchev–Trinajstić information content (AvgIpc) is 2.57. The third-order valence-corrected chi connectivity index (χ3v) is 4.90. The van der Waals surface area contributed by atoms with Crippen LogP contribution < -0.4 is 10.6 Å². The third-order valence-electron chi connectivity index (χ3n) is 3.76. The largest absolute Gasteiger partial charge is 0.480 e. The van der Waals surface area contributed by atoms with Gasteiger partial charge in [-0.25, -0.2) is 9.18 Å². The Labute approximate surface area is 163 Å². The van der Waals surface area contributed by atoms with E-state index < -0.39 is 29.0 Å². The van der Waals surface area contributed by atoms with E-state index >= 15 is 0 Å². The Kier molecular flexibility index (Phi) is 8.75. The summed E-state index contributed by atoms with van der Waals surface area (Å²) in [6, 6.07) is 4.42. The number of carboxylic acid groups (broad SMARTS) is 1. The molecule has 3 N–H and O–H groups in total. The van der Waals surface area contributed by atoms with E-state index in [1.54, 1.807) is 6.92 Å². The summed E-state index contributed by atoms with van der Waals surface area (Å²) < 4.78 is 12.8. The van der Waals surface area contributed by atoms with Crippen LogP contribution in [0.15, 0.2) is 24.3 Å². The van der Waals surface area contributed by atoms with Gasteiger partial charge in [0.05, 0.1) is 11.0 Å². The Balaban J connectivity index is 2.46. The van der Waals surface area contributed by atoms with Gasteiger partial charge in [0.1, 0.15) is 11.9 Å². The summed E-state index contributed by atoms with van der Waals surface area (Å²) in [5.74, 6) is -2.19. The fourth-order valence-electron chi connectivity index (χ4n) is 2.13. The van der Waals surface area contributed by atoms with Gasteiger partial charge in [-0.15, -0.1) is 11.8 Å². The Hall–Kier alpha value is -2.09. The van der Waals surface area contributed by atoms with E-state index in [2.05, 4.69) is 10.6 Å². The van der Waals surface area contributed by atoms with Crippen LogP contribution in [0.4, 0.5) is 10.1 Å². The van der Waals surface area contributed by atoms with Crippen molar-refractivity contribution in [3.8, 4) is 0 Å². The van der Waals surface area contributed by atoms with Crippen molar-refractivity contribution in [1.82, 2.24) is 5.32 Å². The monoisotopic (exact) mass is 398 g/mol. The molecular weight excluding hydrogens is 371 g/mol. The molecule has 2 atom stereocenters. The van der Waals surface area contributed by atoms with E-state index in [4.69, 9.17) is 0 Å². The van der Waals surface area contributed by atoms with Gasteiger partial charge in [0.15, 0.2) is 0 Å². The molecular formula is C19H27FN2O4S. The molecule has 0 heterocycles. The zero-order chi connectivity index (χ0) is 20.6. The highest BCUT2D eigenvalue weighted by molar-refractivity contribution is 8.01. The van der Waals surface area contributed by atoms with Crippen LogP contribution in [-0.4, -0.2) is 39.9 Å². The zero-order valence-corrected chi connectivity index (χ0v) is 16.9. The van der Waals surface area contributed by atoms with Gasteiger partial charge in [-0.05, 0) is 49.4 Å². The predicted octanol–water partition coefficient (Wildman–Crippen LogP) is 3.28. The van der Waals surface area contributed by atoms with Gasteiger partial charge in [0.2, 0.25) is 11.8 Å². The molecule has 0 aromatic heterocycles. The Morgan fingerprint density at radius 2 is 1.78 bits per heavy atom. The maximum Gasteiger partial charge on any atom is 0.326 e. The number of anilines is 1. The molecule has 0 aliphatic carbocycles. The first-order chi connectivity index (χ1) is 12.5. The number of carboxylic acids is 1. The Morgan fingerprint density at radius 1 is 1.19 bits per heavy atom. The number of amides is 2. The first-order valence-corrected chi connectivity index (χ1v) is 9.73. The highest BCUT2D eigenvalue weighted by Crippen LogP contribution is 2.22. The summed E-state index contributed by atoms with van der Waals surface area (Å²) in [5, 5.41) is 13.9. The molecule has 1 aromatic carbocycles. The van der Waals surface area contributed by atoms with Crippen LogP contribution in [0.25, 0.3) is 0 Å². The number of halogens is 1. The molecule has 0 spiro atoms. The second-order valence-corrected chi connectivity index (χ2v) is 8.84. The molecule has 6 nitrogen and oxygen atoms in total. The lowest BCUT2D eigenvalue weighted by molar-refractivity contribution is -0.142. The molecule has 0 aliphatic heterocycles. The summed E-state index contributed by atoms with van der Waals surface area (Å²) in [7, 11) is 0. The number of rotatable bonds is 9. The zero-order valence-electron chi connectivity index (χ0n) is 16.0. The van der Waals surface area contributed by atoms with Crippen LogP contribution >= 0.6 is 11.8 Å². The number of aliphatic carboxylic acids is 1. The molecule has 0 bridgehead atoms. The average molecular weight is 399 g/mol. The number of nitrogens with one attached hydrogen (secondary N) is 2. The molecule has 2 amide bonds. The van der Waals surface area contributed by atoms with Crippen molar-refractivity contribution in [3.63, 3.8) is 0 Å². The number of carbonyl (C=O) groups excluding carboxylic acids is 2. The summed E-state index contributed by atoms with van der Waals surface area (Å²) in [6.07, 6.45) is 0.999. The number of benzene rings is 1. The topological polar surface area (TPSA) is 95.5 Å². The van der Waals surface area contributed by atoms with Crippen molar-refractivity contribution in [2.24, 2.45) is 5.41 Å². The number of carbonyl (C=O) groups is 3. The van der Waals surface area contributed by atoms with Gasteiger partial charge < -0.3 is 15.7 Å². The van der Waals surface area contributed by atoms with Crippen LogP contribution in [0.3, 0.4) is 0 Å². The summed E-state index contributed by atoms with van der Waals surface area (Å²) in [6.45, 7) is 7.64. The minimum Gasteiger partial charge on any atom is -0.480 e. The highest BCUT2D eigenvalue weighted by Gasteiger charge is 2.25. The van der Waals surface area contributed by atoms with Crippen LogP contribution in [0, 0.1) is 11.2 Å². The van der Waals surface area contributed by atoms with Gasteiger partial charge in [0.25, 0.3) is 0 Å². The maximum atomic E-state index is 12.8. The molecule has 0 radical (unpaired) electrons. The van der Waals surface area contributed by atoms with Crippen molar-refractivity contribution in [3.05, 3.63) is 30.1 Å². The first kappa shape index (κ1) is 23.0. The van der Waals surface area contributed by atoms with Crippen molar-refractivity contribution in [2.45, 2.75) is 51.8 Å². The molecule has 150 valence electrons. The van der Waals surface area contributed by atoms with E-state index in [-0.39, 0.29) is 17.1 Å². The minimum absolute atomic E-state index is 0.0195. The van der Waals surface area contributed by atoms with Gasteiger partial charge in [-0.1, -0.05) is 20.8 Å². The SMILES string of the molecule is CC(SCC(=O)Nc1ccc(F)cc1)C(=O)NC(CCC(C)(C)C)C(=O)O. The lowest BCUT2D eigenvalue weighted by Crippen LogP contribution is -2.44. The smallest absolute Gasteiger partial charge is 0.326 e. The van der Waals surface area contributed by atoms with E-state index in [9.17, 15) is 23.9 Å². The van der Waals surface area contributed by atoms with Crippen molar-refractivity contribution in [2.75, 3.05) is 11.1 Å². The third kappa shape index (κ3) is 9.42. The number of hydrogen-bond donors (Lipinski definition) is 3. The number of thioether (sulfide) groups is 1. The standard InChI is InChI=1S/C19H27FN2O4S/c1-12(17(24)22-15(18(25)26)9-10-19(2,3)4)27-11-16(23)21-14-7-5-13(20)6-8-14/h5-8,12,15H,9-11H2,1-4H3,(H,21,23)(H,22,24)(H,25,26). The summed E-state index contributed by atoms with van der Waals surface area (Å²) in [4.78, 5) is 35.5. The van der Waals surface area contributed by atoms with Crippen molar-refractivity contribution in [1.29, 1.82) is 0 Å². The molecule has 0 saturated heterocycles. The molecule has 2 unspecified atom stereocenters. The lowest BCUT2D eigenvalue weighted by atomic mass is 9.88. The first-order valence-electron chi connectivity index (χ1n) is 8.68. The van der Waals surface area contributed by atoms with Crippen LogP contribution in [0.5, 0.6) is 0 Å². The second kappa shape index (κ2) is 10.3. The lowest BCUT2D eigenvalue weighted by Gasteiger charge is -2.22. The van der Waals surface area contributed by atoms with Gasteiger partial charge >= 0.3 is 5.97 Å². The van der Waals surface area contributed by atoms with E-state index in [0.29, 0.717) is 18.5 Å². The molecule has 1 rings (SSSR count). The van der Waals surface area contributed by atoms with Crippen molar-refractivity contribution >= 4 is 35.2 Å². The summed E-state index contributed by atoms with van der Waals surface area (Å²) in [5.41, 5.74) is 0.435. The fraction of sp³-hybridized carbons (Fsp3) is 0.526. The van der Waals surface area contributed by atoms with E-state index in [0.717, 1.165) is 11.8 Å². The van der Waals surface area contributed by atoms with Crippen LogP contribution in [-0.2, 0) is 14.4 Å². The van der Waals surface area contributed by atoms with Crippen LogP contribution in [0.1, 0.15) is 40.5 Å². The normalized spacial score (nSPS) is 13.5. The van der Waals surface area contributed by atoms with Gasteiger partial charge in [-0.2, -0.15) is 0 Å². The minimum atomic E-state index is -1.07. The molecule has 27 heavy (non-hydrogen) atoms. The quantitative estimate of drug-likeness (QED) is 0.593. The van der Waals surface area contributed by atoms with Gasteiger partial charge in [0, 0.05) is 5.69 Å². The highest BCUT2D eigenvalue weighted by atomic mass is 32.2. The molecule has 0 fully saturated rings. The summed E-state index contributed by atoms with van der Waals surface area (Å²) >= 11 is 1.10. The van der Waals surface area contributed by atoms with Gasteiger partial charge in [-0.3, -0.25) is 9.59 Å². The maximum absolute atomic E-state index is 12.8. The Bertz CT molecular complexity index is 659. The second-order valence-electron chi connectivity index (χ2n) is 7.51. The molecule has 0 aliphatic rings. The van der Waals surface area contributed by atoms with E-state index in [1.165, 1.54) is 24.3 Å². The predicted molar refractivity (Wildman–Crippen MR) is 105 cm³/mol. The van der Waals surface area contributed by atoms with E-state index in [1.807, 2.05) is 20.8 Å². The van der Waals surface area contributed by atoms with Crippen LogP contribution in [0.2, 0.25) is 0 Å². The molecule has 8 heteroatoms. The number of hydrogen-bond acceptors (Lipinski definition) is 4.